The fourth-order valence-corrected chi connectivity index (χ4v) is 10.2. The van der Waals surface area contributed by atoms with Gasteiger partial charge in [0, 0.05) is 99.0 Å². The van der Waals surface area contributed by atoms with Crippen LogP contribution in [0.3, 0.4) is 0 Å². The minimum Gasteiger partial charge on any atom is -0.484 e. The van der Waals surface area contributed by atoms with Crippen LogP contribution in [0, 0.1) is 13.8 Å². The lowest BCUT2D eigenvalue weighted by Crippen LogP contribution is -2.54. The van der Waals surface area contributed by atoms with Crippen LogP contribution in [0.4, 0.5) is 22.7 Å². The molecule has 4 aliphatic heterocycles. The van der Waals surface area contributed by atoms with Crippen molar-refractivity contribution in [2.75, 3.05) is 92.5 Å². The average molecular weight is 938 g/mol. The van der Waals surface area contributed by atoms with E-state index in [1.54, 1.807) is 6.07 Å². The Bertz CT molecular complexity index is 3080. The number of piperazine rings is 2. The van der Waals surface area contributed by atoms with Gasteiger partial charge < -0.3 is 34.6 Å². The normalized spacial score (nSPS) is 18.2. The first-order chi connectivity index (χ1) is 34.2. The maximum absolute atomic E-state index is 14.3. The highest BCUT2D eigenvalue weighted by molar-refractivity contribution is 5.99. The summed E-state index contributed by atoms with van der Waals surface area (Å²) in [6, 6.07) is 41.4. The van der Waals surface area contributed by atoms with Crippen molar-refractivity contribution in [3.8, 4) is 17.2 Å². The number of hydrogen-bond donors (Lipinski definition) is 2. The molecule has 0 saturated carbocycles. The molecule has 2 aromatic heterocycles. The summed E-state index contributed by atoms with van der Waals surface area (Å²) in [5.74, 6) is 0.973. The van der Waals surface area contributed by atoms with E-state index < -0.39 is 18.2 Å². The molecule has 4 aliphatic rings. The molecule has 2 N–H and O–H groups in total. The summed E-state index contributed by atoms with van der Waals surface area (Å²) in [6.45, 7) is 11.2. The minimum atomic E-state index is -1.29. The molecule has 15 heteroatoms. The molecule has 0 bridgehead atoms. The Balaban J connectivity index is 0.822. The van der Waals surface area contributed by atoms with Crippen molar-refractivity contribution in [2.24, 2.45) is 0 Å². The number of aromatic nitrogens is 2. The molecule has 0 radical (unpaired) electrons. The predicted molar refractivity (Wildman–Crippen MR) is 271 cm³/mol. The largest absolute Gasteiger partial charge is 0.484 e. The topological polar surface area (TPSA) is 145 Å². The van der Waals surface area contributed by atoms with Crippen molar-refractivity contribution in [1.29, 1.82) is 0 Å². The average Bonchev–Trinajstić information content (AvgIpc) is 3.38. The molecular weight excluding hydrogens is 883 g/mol. The molecule has 0 spiro atoms. The van der Waals surface area contributed by atoms with Crippen molar-refractivity contribution < 1.29 is 28.6 Å². The molecule has 0 aliphatic carbocycles. The van der Waals surface area contributed by atoms with Gasteiger partial charge in [0.25, 0.3) is 18.0 Å². The molecule has 5 aromatic carbocycles. The van der Waals surface area contributed by atoms with Crippen molar-refractivity contribution in [3.63, 3.8) is 0 Å². The van der Waals surface area contributed by atoms with Gasteiger partial charge in [-0.25, -0.2) is 0 Å². The number of pyridine rings is 2. The van der Waals surface area contributed by atoms with E-state index in [0.717, 1.165) is 95.0 Å². The van der Waals surface area contributed by atoms with Gasteiger partial charge in [-0.2, -0.15) is 0 Å². The Hall–Kier alpha value is -7.75. The highest BCUT2D eigenvalue weighted by Crippen LogP contribution is 2.39. The molecule has 3 atom stereocenters. The van der Waals surface area contributed by atoms with E-state index in [4.69, 9.17) is 24.2 Å². The molecule has 2 fully saturated rings. The number of carbonyl (C=O) groups excluding carboxylic acids is 3. The van der Waals surface area contributed by atoms with Crippen molar-refractivity contribution >= 4 is 62.8 Å². The Kier molecular flexibility index (Phi) is 12.4. The SMILES string of the molecule is Cc1ccc2c(N3CCN(CC(Oc4ccccc4)c4ccc5c(c4)NC(=O)C(N(C=O)C(CN4CCN(c6cccc7nc(C)ccc67)CC4)c4ccc6c(c4)NC(=O)CO6)O5)CC3)cccc2n1. The zero-order valence-electron chi connectivity index (χ0n) is 39.3. The molecule has 7 aromatic rings. The van der Waals surface area contributed by atoms with Crippen LogP contribution in [0.2, 0.25) is 0 Å². The van der Waals surface area contributed by atoms with Crippen LogP contribution in [0.15, 0.2) is 127 Å². The second kappa shape index (κ2) is 19.3. The molecule has 11 rings (SSSR count). The number of para-hydroxylation sites is 1. The summed E-state index contributed by atoms with van der Waals surface area (Å²) in [7, 11) is 0. The lowest BCUT2D eigenvalue weighted by molar-refractivity contribution is -0.145. The van der Waals surface area contributed by atoms with Gasteiger partial charge in [0.15, 0.2) is 6.61 Å². The monoisotopic (exact) mass is 937 g/mol. The van der Waals surface area contributed by atoms with E-state index in [1.807, 2.05) is 92.7 Å². The number of hydrogen-bond acceptors (Lipinski definition) is 12. The van der Waals surface area contributed by atoms with E-state index in [9.17, 15) is 14.4 Å². The second-order valence-corrected chi connectivity index (χ2v) is 18.5. The van der Waals surface area contributed by atoms with Gasteiger partial charge in [-0.15, -0.1) is 0 Å². The molecule has 3 amide bonds. The molecule has 6 heterocycles. The maximum Gasteiger partial charge on any atom is 0.287 e. The van der Waals surface area contributed by atoms with Gasteiger partial charge in [0.1, 0.15) is 23.4 Å². The van der Waals surface area contributed by atoms with Gasteiger partial charge in [-0.3, -0.25) is 39.1 Å². The molecule has 15 nitrogen and oxygen atoms in total. The number of nitrogens with one attached hydrogen (secondary N) is 2. The highest BCUT2D eigenvalue weighted by atomic mass is 16.5. The lowest BCUT2D eigenvalue weighted by atomic mass is 10.0. The van der Waals surface area contributed by atoms with Crippen molar-refractivity contribution in [1.82, 2.24) is 24.7 Å². The Morgan fingerprint density at radius 3 is 1.89 bits per heavy atom. The minimum absolute atomic E-state index is 0.0785. The second-order valence-electron chi connectivity index (χ2n) is 18.5. The van der Waals surface area contributed by atoms with E-state index in [-0.39, 0.29) is 18.6 Å². The molecule has 2 saturated heterocycles. The maximum atomic E-state index is 14.3. The molecular formula is C55H55N9O6. The predicted octanol–water partition coefficient (Wildman–Crippen LogP) is 7.35. The van der Waals surface area contributed by atoms with Gasteiger partial charge in [0.05, 0.1) is 28.5 Å². The Morgan fingerprint density at radius 2 is 1.24 bits per heavy atom. The highest BCUT2D eigenvalue weighted by Gasteiger charge is 2.39. The summed E-state index contributed by atoms with van der Waals surface area (Å²) < 4.78 is 18.9. The summed E-state index contributed by atoms with van der Waals surface area (Å²) in [5.41, 5.74) is 8.87. The fraction of sp³-hybridized carbons (Fsp3) is 0.291. The first-order valence-corrected chi connectivity index (χ1v) is 24.0. The van der Waals surface area contributed by atoms with Crippen LogP contribution in [-0.2, 0) is 14.4 Å². The van der Waals surface area contributed by atoms with E-state index >= 15 is 0 Å². The van der Waals surface area contributed by atoms with Crippen LogP contribution in [-0.4, -0.2) is 121 Å². The van der Waals surface area contributed by atoms with Crippen LogP contribution >= 0.6 is 0 Å². The first kappa shape index (κ1) is 44.7. The molecule has 3 unspecified atom stereocenters. The third kappa shape index (κ3) is 9.25. The van der Waals surface area contributed by atoms with Crippen LogP contribution < -0.4 is 34.6 Å². The number of anilines is 4. The fourth-order valence-electron chi connectivity index (χ4n) is 10.2. The number of ether oxygens (including phenoxy) is 3. The Labute approximate surface area is 406 Å². The van der Waals surface area contributed by atoms with Crippen molar-refractivity contribution in [2.45, 2.75) is 32.2 Å². The van der Waals surface area contributed by atoms with E-state index in [2.05, 4.69) is 72.7 Å². The third-order valence-electron chi connectivity index (χ3n) is 13.9. The zero-order valence-corrected chi connectivity index (χ0v) is 39.3. The zero-order chi connectivity index (χ0) is 47.7. The number of rotatable bonds is 13. The summed E-state index contributed by atoms with van der Waals surface area (Å²) >= 11 is 0. The summed E-state index contributed by atoms with van der Waals surface area (Å²) in [6.07, 6.45) is -0.971. The quantitative estimate of drug-likeness (QED) is 0.112. The number of amides is 3. The standard InChI is InChI=1S/C55H55N9O6/c1-36-14-18-41-43(56-36)10-6-12-47(41)62-26-22-60(23-27-62)32-49(38-16-20-50-45(30-38)58-53(66)34-68-50)64(35-65)55-54(67)59-46-31-39(17-21-51(46)70-55)52(69-40-8-4-3-5-9-40)33-61-24-28-63(29-25-61)48-13-7-11-44-42(48)19-15-37(2)57-44/h3-21,30-31,35,49,52,55H,22-29,32-34H2,1-2H3,(H,58,66)(H,59,67). The summed E-state index contributed by atoms with van der Waals surface area (Å²) in [5, 5.41) is 8.26. The van der Waals surface area contributed by atoms with E-state index in [1.165, 1.54) is 10.6 Å². The number of nitrogens with zero attached hydrogens (tertiary/aromatic N) is 7. The molecule has 70 heavy (non-hydrogen) atoms. The number of fused-ring (bicyclic) bond motifs is 4. The number of benzene rings is 5. The third-order valence-corrected chi connectivity index (χ3v) is 13.9. The van der Waals surface area contributed by atoms with Crippen molar-refractivity contribution in [3.05, 3.63) is 150 Å². The molecule has 356 valence electrons. The van der Waals surface area contributed by atoms with Crippen LogP contribution in [0.5, 0.6) is 17.2 Å². The van der Waals surface area contributed by atoms with Gasteiger partial charge in [-0.1, -0.05) is 42.5 Å². The van der Waals surface area contributed by atoms with Gasteiger partial charge in [0.2, 0.25) is 6.41 Å². The van der Waals surface area contributed by atoms with Gasteiger partial charge in [-0.05, 0) is 110 Å². The number of carbonyl (C=O) groups is 3. The lowest BCUT2D eigenvalue weighted by Gasteiger charge is -2.42. The van der Waals surface area contributed by atoms with E-state index in [0.29, 0.717) is 55.5 Å². The van der Waals surface area contributed by atoms with Crippen LogP contribution in [0.1, 0.15) is 34.7 Å². The van der Waals surface area contributed by atoms with Crippen LogP contribution in [0.25, 0.3) is 21.8 Å². The summed E-state index contributed by atoms with van der Waals surface area (Å²) in [4.78, 5) is 60.7. The number of aryl methyl sites for hydroxylation is 2. The smallest absolute Gasteiger partial charge is 0.287 e. The first-order valence-electron chi connectivity index (χ1n) is 24.0. The van der Waals surface area contributed by atoms with Gasteiger partial charge >= 0.3 is 0 Å². The Morgan fingerprint density at radius 1 is 0.657 bits per heavy atom.